The Labute approximate surface area is 171 Å². The van der Waals surface area contributed by atoms with Crippen LogP contribution in [0, 0.1) is 0 Å². The van der Waals surface area contributed by atoms with E-state index in [4.69, 9.17) is 0 Å². The average Bonchev–Trinajstić information content (AvgIpc) is 3.20. The maximum Gasteiger partial charge on any atom is 0.261 e. The highest BCUT2D eigenvalue weighted by Gasteiger charge is 2.19. The van der Waals surface area contributed by atoms with Crippen LogP contribution >= 0.6 is 0 Å². The molecule has 30 heavy (non-hydrogen) atoms. The van der Waals surface area contributed by atoms with E-state index in [-0.39, 0.29) is 5.56 Å². The number of carbonyl (C=O) groups is 1. The van der Waals surface area contributed by atoms with Crippen LogP contribution in [0.3, 0.4) is 0 Å². The first kappa shape index (κ1) is 17.8. The molecule has 0 saturated carbocycles. The summed E-state index contributed by atoms with van der Waals surface area (Å²) in [6.45, 7) is 0. The number of rotatable bonds is 4. The molecule has 0 spiro atoms. The van der Waals surface area contributed by atoms with Gasteiger partial charge in [-0.3, -0.25) is 9.59 Å². The molecule has 3 aromatic heterocycles. The molecule has 0 atom stereocenters. The number of aromatic amines is 2. The maximum absolute atomic E-state index is 13.1. The van der Waals surface area contributed by atoms with Crippen molar-refractivity contribution < 1.29 is 4.79 Å². The Morgan fingerprint density at radius 2 is 1.70 bits per heavy atom. The van der Waals surface area contributed by atoms with Crippen molar-refractivity contribution >= 4 is 33.9 Å². The summed E-state index contributed by atoms with van der Waals surface area (Å²) in [5, 5.41) is 0.712. The van der Waals surface area contributed by atoms with Gasteiger partial charge in [0, 0.05) is 17.1 Å². The van der Waals surface area contributed by atoms with Gasteiger partial charge in [-0.2, -0.15) is 0 Å². The Kier molecular flexibility index (Phi) is 4.29. The standard InChI is InChI=1S/C24H16N4O2/c29-19(12-13-20-26-17-10-4-5-11-18(17)27-20)22-21(15-7-2-1-3-8-15)16-9-6-14-25-23(16)28-24(22)30/h1-14H,(H,26,27)(H,25,28,30). The van der Waals surface area contributed by atoms with Crippen LogP contribution in [0.5, 0.6) is 0 Å². The molecule has 0 unspecified atom stereocenters. The fourth-order valence-electron chi connectivity index (χ4n) is 3.55. The van der Waals surface area contributed by atoms with Gasteiger partial charge in [-0.1, -0.05) is 42.5 Å². The van der Waals surface area contributed by atoms with E-state index in [9.17, 15) is 9.59 Å². The molecule has 0 aliphatic heterocycles. The molecule has 5 rings (SSSR count). The van der Waals surface area contributed by atoms with Crippen molar-refractivity contribution in [3.05, 3.63) is 101 Å². The predicted molar refractivity (Wildman–Crippen MR) is 117 cm³/mol. The van der Waals surface area contributed by atoms with Crippen LogP contribution < -0.4 is 5.56 Å². The second-order valence-corrected chi connectivity index (χ2v) is 6.81. The molecule has 5 aromatic rings. The van der Waals surface area contributed by atoms with Crippen molar-refractivity contribution in [2.24, 2.45) is 0 Å². The quantitative estimate of drug-likeness (QED) is 0.351. The van der Waals surface area contributed by atoms with Crippen LogP contribution in [-0.4, -0.2) is 25.7 Å². The fourth-order valence-corrected chi connectivity index (χ4v) is 3.55. The number of hydrogen-bond donors (Lipinski definition) is 2. The van der Waals surface area contributed by atoms with Crippen LogP contribution in [0.1, 0.15) is 16.2 Å². The van der Waals surface area contributed by atoms with Gasteiger partial charge in [0.2, 0.25) is 0 Å². The Morgan fingerprint density at radius 3 is 2.53 bits per heavy atom. The summed E-state index contributed by atoms with van der Waals surface area (Å²) < 4.78 is 0. The number of aromatic nitrogens is 4. The number of allylic oxidation sites excluding steroid dienone is 1. The lowest BCUT2D eigenvalue weighted by Crippen LogP contribution is -2.19. The number of pyridine rings is 2. The molecule has 3 heterocycles. The molecule has 0 aliphatic carbocycles. The van der Waals surface area contributed by atoms with E-state index in [0.29, 0.717) is 22.4 Å². The third-order valence-electron chi connectivity index (χ3n) is 4.90. The van der Waals surface area contributed by atoms with E-state index in [2.05, 4.69) is 19.9 Å². The summed E-state index contributed by atoms with van der Waals surface area (Å²) in [5.41, 5.74) is 3.09. The monoisotopic (exact) mass is 392 g/mol. The van der Waals surface area contributed by atoms with Gasteiger partial charge in [-0.25, -0.2) is 9.97 Å². The number of hydrogen-bond acceptors (Lipinski definition) is 4. The molecule has 0 fully saturated rings. The molecule has 0 radical (unpaired) electrons. The lowest BCUT2D eigenvalue weighted by Gasteiger charge is -2.10. The SMILES string of the molecule is O=C(C=Cc1nc2ccccc2[nH]1)c1c(-c2ccccc2)c2cccnc2[nH]c1=O. The number of fused-ring (bicyclic) bond motifs is 2. The average molecular weight is 392 g/mol. The largest absolute Gasteiger partial charge is 0.338 e. The zero-order valence-electron chi connectivity index (χ0n) is 15.8. The van der Waals surface area contributed by atoms with Crippen molar-refractivity contribution in [2.75, 3.05) is 0 Å². The highest BCUT2D eigenvalue weighted by atomic mass is 16.1. The first-order valence-corrected chi connectivity index (χ1v) is 9.44. The highest BCUT2D eigenvalue weighted by molar-refractivity contribution is 6.14. The minimum Gasteiger partial charge on any atom is -0.338 e. The number of para-hydroxylation sites is 2. The Hall–Kier alpha value is -4.32. The number of benzene rings is 2. The van der Waals surface area contributed by atoms with Gasteiger partial charge < -0.3 is 9.97 Å². The summed E-state index contributed by atoms with van der Waals surface area (Å²) in [6, 6.07) is 20.6. The van der Waals surface area contributed by atoms with Crippen LogP contribution in [-0.2, 0) is 0 Å². The Morgan fingerprint density at radius 1 is 0.900 bits per heavy atom. The molecular formula is C24H16N4O2. The molecule has 6 heteroatoms. The minimum absolute atomic E-state index is 0.0778. The van der Waals surface area contributed by atoms with Crippen LogP contribution in [0.4, 0.5) is 0 Å². The van der Waals surface area contributed by atoms with E-state index in [1.54, 1.807) is 18.3 Å². The molecular weight excluding hydrogens is 376 g/mol. The summed E-state index contributed by atoms with van der Waals surface area (Å²) >= 11 is 0. The summed E-state index contributed by atoms with van der Waals surface area (Å²) in [6.07, 6.45) is 4.57. The zero-order chi connectivity index (χ0) is 20.5. The van der Waals surface area contributed by atoms with Crippen molar-refractivity contribution in [1.82, 2.24) is 19.9 Å². The second kappa shape index (κ2) is 7.25. The van der Waals surface area contributed by atoms with Crippen molar-refractivity contribution in [3.8, 4) is 11.1 Å². The van der Waals surface area contributed by atoms with Crippen molar-refractivity contribution in [1.29, 1.82) is 0 Å². The number of imidazole rings is 1. The topological polar surface area (TPSA) is 91.5 Å². The molecule has 0 bridgehead atoms. The number of nitrogens with one attached hydrogen (secondary N) is 2. The van der Waals surface area contributed by atoms with Gasteiger partial charge in [0.15, 0.2) is 5.78 Å². The third kappa shape index (κ3) is 3.10. The summed E-state index contributed by atoms with van der Waals surface area (Å²) in [4.78, 5) is 40.5. The number of carbonyl (C=O) groups excluding carboxylic acids is 1. The molecule has 144 valence electrons. The van der Waals surface area contributed by atoms with Gasteiger partial charge in [0.1, 0.15) is 11.5 Å². The lowest BCUT2D eigenvalue weighted by molar-refractivity contribution is 0.104. The van der Waals surface area contributed by atoms with E-state index in [1.165, 1.54) is 6.08 Å². The molecule has 0 saturated heterocycles. The number of H-pyrrole nitrogens is 2. The molecule has 0 amide bonds. The van der Waals surface area contributed by atoms with Gasteiger partial charge in [0.25, 0.3) is 5.56 Å². The Bertz CT molecular complexity index is 1450. The summed E-state index contributed by atoms with van der Waals surface area (Å²) in [7, 11) is 0. The van der Waals surface area contributed by atoms with E-state index < -0.39 is 11.3 Å². The lowest BCUT2D eigenvalue weighted by atomic mass is 9.95. The van der Waals surface area contributed by atoms with Crippen LogP contribution in [0.2, 0.25) is 0 Å². The van der Waals surface area contributed by atoms with E-state index >= 15 is 0 Å². The van der Waals surface area contributed by atoms with Gasteiger partial charge in [0.05, 0.1) is 16.6 Å². The van der Waals surface area contributed by atoms with Crippen molar-refractivity contribution in [2.45, 2.75) is 0 Å². The first-order chi connectivity index (χ1) is 14.7. The molecule has 2 aromatic carbocycles. The smallest absolute Gasteiger partial charge is 0.261 e. The van der Waals surface area contributed by atoms with Gasteiger partial charge in [-0.05, 0) is 42.0 Å². The molecule has 0 aliphatic rings. The van der Waals surface area contributed by atoms with Crippen LogP contribution in [0.25, 0.3) is 39.3 Å². The fraction of sp³-hybridized carbons (Fsp3) is 0. The van der Waals surface area contributed by atoms with E-state index in [0.717, 1.165) is 16.6 Å². The molecule has 6 nitrogen and oxygen atoms in total. The highest BCUT2D eigenvalue weighted by Crippen LogP contribution is 2.29. The van der Waals surface area contributed by atoms with E-state index in [1.807, 2.05) is 60.7 Å². The van der Waals surface area contributed by atoms with Crippen LogP contribution in [0.15, 0.2) is 83.8 Å². The van der Waals surface area contributed by atoms with Gasteiger partial charge in [-0.15, -0.1) is 0 Å². The zero-order valence-corrected chi connectivity index (χ0v) is 15.8. The maximum atomic E-state index is 13.1. The predicted octanol–water partition coefficient (Wildman–Crippen LogP) is 4.36. The molecule has 2 N–H and O–H groups in total. The third-order valence-corrected chi connectivity index (χ3v) is 4.90. The van der Waals surface area contributed by atoms with Crippen molar-refractivity contribution in [3.63, 3.8) is 0 Å². The minimum atomic E-state index is -0.473. The normalized spacial score (nSPS) is 11.5. The first-order valence-electron chi connectivity index (χ1n) is 9.44. The Balaban J connectivity index is 1.65. The number of ketones is 1. The number of nitrogens with zero attached hydrogens (tertiary/aromatic N) is 2. The second-order valence-electron chi connectivity index (χ2n) is 6.81. The summed E-state index contributed by atoms with van der Waals surface area (Å²) in [5.74, 6) is 0.144. The van der Waals surface area contributed by atoms with Gasteiger partial charge >= 0.3 is 0 Å².